The number of aromatic nitrogens is 3. The number of para-hydroxylation sites is 1. The third-order valence-electron chi connectivity index (χ3n) is 2.25. The highest BCUT2D eigenvalue weighted by Gasteiger charge is 2.11. The summed E-state index contributed by atoms with van der Waals surface area (Å²) < 4.78 is 1.53. The van der Waals surface area contributed by atoms with Crippen molar-refractivity contribution in [3.63, 3.8) is 0 Å². The first-order chi connectivity index (χ1) is 8.13. The number of aromatic amines is 1. The SMILES string of the molecule is CCn1c(Sc2cccc(Cl)c2N)n[nH]c1=O. The van der Waals surface area contributed by atoms with Gasteiger partial charge in [-0.1, -0.05) is 17.7 Å². The Morgan fingerprint density at radius 2 is 2.35 bits per heavy atom. The number of rotatable bonds is 3. The number of nitrogen functional groups attached to an aromatic ring is 1. The molecule has 3 N–H and O–H groups in total. The predicted octanol–water partition coefficient (Wildman–Crippen LogP) is 1.98. The van der Waals surface area contributed by atoms with E-state index < -0.39 is 0 Å². The largest absolute Gasteiger partial charge is 0.397 e. The monoisotopic (exact) mass is 270 g/mol. The van der Waals surface area contributed by atoms with E-state index in [0.29, 0.717) is 22.4 Å². The molecule has 7 heteroatoms. The summed E-state index contributed by atoms with van der Waals surface area (Å²) in [6, 6.07) is 5.37. The number of H-pyrrole nitrogens is 1. The van der Waals surface area contributed by atoms with E-state index in [4.69, 9.17) is 17.3 Å². The van der Waals surface area contributed by atoms with Gasteiger partial charge in [0.1, 0.15) is 0 Å². The van der Waals surface area contributed by atoms with Gasteiger partial charge in [-0.2, -0.15) is 0 Å². The van der Waals surface area contributed by atoms with Crippen molar-refractivity contribution in [2.45, 2.75) is 23.5 Å². The summed E-state index contributed by atoms with van der Waals surface area (Å²) >= 11 is 7.24. The van der Waals surface area contributed by atoms with E-state index in [9.17, 15) is 4.79 Å². The van der Waals surface area contributed by atoms with Gasteiger partial charge in [0, 0.05) is 11.4 Å². The van der Waals surface area contributed by atoms with E-state index in [1.165, 1.54) is 16.3 Å². The normalized spacial score (nSPS) is 10.7. The molecule has 0 aliphatic heterocycles. The molecule has 0 saturated heterocycles. The third-order valence-corrected chi connectivity index (χ3v) is 3.65. The minimum atomic E-state index is -0.226. The van der Waals surface area contributed by atoms with Gasteiger partial charge in [-0.15, -0.1) is 5.10 Å². The smallest absolute Gasteiger partial charge is 0.343 e. The summed E-state index contributed by atoms with van der Waals surface area (Å²) in [5, 5.41) is 7.42. The summed E-state index contributed by atoms with van der Waals surface area (Å²) in [6.07, 6.45) is 0. The van der Waals surface area contributed by atoms with E-state index in [1.807, 2.05) is 19.1 Å². The van der Waals surface area contributed by atoms with Gasteiger partial charge in [0.2, 0.25) is 0 Å². The number of anilines is 1. The Labute approximate surface area is 107 Å². The maximum atomic E-state index is 11.4. The van der Waals surface area contributed by atoms with Crippen molar-refractivity contribution in [3.05, 3.63) is 33.7 Å². The van der Waals surface area contributed by atoms with Gasteiger partial charge in [0.05, 0.1) is 10.7 Å². The molecule has 0 radical (unpaired) electrons. The van der Waals surface area contributed by atoms with Crippen LogP contribution in [0, 0.1) is 0 Å². The molecule has 2 rings (SSSR count). The predicted molar refractivity (Wildman–Crippen MR) is 68.5 cm³/mol. The molecule has 0 fully saturated rings. The van der Waals surface area contributed by atoms with E-state index >= 15 is 0 Å². The molecule has 0 aliphatic rings. The molecular weight excluding hydrogens is 260 g/mol. The highest BCUT2D eigenvalue weighted by atomic mass is 35.5. The highest BCUT2D eigenvalue weighted by molar-refractivity contribution is 7.99. The van der Waals surface area contributed by atoms with Crippen molar-refractivity contribution < 1.29 is 0 Å². The maximum Gasteiger partial charge on any atom is 0.343 e. The minimum Gasteiger partial charge on any atom is -0.397 e. The first-order valence-corrected chi connectivity index (χ1v) is 6.20. The lowest BCUT2D eigenvalue weighted by Gasteiger charge is -2.06. The first-order valence-electron chi connectivity index (χ1n) is 5.00. The number of halogens is 1. The molecule has 1 heterocycles. The molecule has 0 amide bonds. The second-order valence-electron chi connectivity index (χ2n) is 3.31. The van der Waals surface area contributed by atoms with Crippen molar-refractivity contribution in [2.75, 3.05) is 5.73 Å². The fraction of sp³-hybridized carbons (Fsp3) is 0.200. The van der Waals surface area contributed by atoms with Crippen LogP contribution in [0.5, 0.6) is 0 Å². The van der Waals surface area contributed by atoms with Crippen molar-refractivity contribution in [1.82, 2.24) is 14.8 Å². The lowest BCUT2D eigenvalue weighted by atomic mass is 10.3. The van der Waals surface area contributed by atoms with Gasteiger partial charge in [-0.3, -0.25) is 4.57 Å². The van der Waals surface area contributed by atoms with Gasteiger partial charge in [0.15, 0.2) is 5.16 Å². The molecule has 2 aromatic rings. The van der Waals surface area contributed by atoms with Crippen LogP contribution in [0.1, 0.15) is 6.92 Å². The van der Waals surface area contributed by atoms with E-state index in [1.54, 1.807) is 6.07 Å². The standard InChI is InChI=1S/C10H11ClN4OS/c1-2-15-9(16)13-14-10(15)17-7-5-3-4-6(11)8(7)12/h3-5H,2,12H2,1H3,(H,13,16). The fourth-order valence-electron chi connectivity index (χ4n) is 1.36. The topological polar surface area (TPSA) is 76.7 Å². The zero-order chi connectivity index (χ0) is 12.4. The van der Waals surface area contributed by atoms with Crippen LogP contribution < -0.4 is 11.4 Å². The Bertz CT molecular complexity index is 592. The first kappa shape index (κ1) is 12.1. The summed E-state index contributed by atoms with van der Waals surface area (Å²) in [5.74, 6) is 0. The second-order valence-corrected chi connectivity index (χ2v) is 4.73. The van der Waals surface area contributed by atoms with E-state index in [2.05, 4.69) is 10.2 Å². The Hall–Kier alpha value is -1.40. The summed E-state index contributed by atoms with van der Waals surface area (Å²) in [6.45, 7) is 2.43. The summed E-state index contributed by atoms with van der Waals surface area (Å²) in [5.41, 5.74) is 6.12. The lowest BCUT2D eigenvalue weighted by molar-refractivity contribution is 0.660. The van der Waals surface area contributed by atoms with Gasteiger partial charge in [-0.25, -0.2) is 9.89 Å². The maximum absolute atomic E-state index is 11.4. The fourth-order valence-corrected chi connectivity index (χ4v) is 2.57. The van der Waals surface area contributed by atoms with Crippen molar-refractivity contribution in [3.8, 4) is 0 Å². The zero-order valence-corrected chi connectivity index (χ0v) is 10.7. The van der Waals surface area contributed by atoms with E-state index in [0.717, 1.165) is 4.90 Å². The average Bonchev–Trinajstić information content (AvgIpc) is 2.66. The second kappa shape index (κ2) is 4.85. The highest BCUT2D eigenvalue weighted by Crippen LogP contribution is 2.34. The van der Waals surface area contributed by atoms with Crippen LogP contribution in [-0.2, 0) is 6.54 Å². The number of nitrogens with two attached hydrogens (primary N) is 1. The Morgan fingerprint density at radius 1 is 1.59 bits per heavy atom. The average molecular weight is 271 g/mol. The summed E-state index contributed by atoms with van der Waals surface area (Å²) in [7, 11) is 0. The Morgan fingerprint density at radius 3 is 3.06 bits per heavy atom. The third kappa shape index (κ3) is 2.32. The number of hydrogen-bond acceptors (Lipinski definition) is 4. The molecule has 0 saturated carbocycles. The van der Waals surface area contributed by atoms with Crippen LogP contribution in [0.15, 0.2) is 33.0 Å². The quantitative estimate of drug-likeness (QED) is 0.836. The van der Waals surface area contributed by atoms with Crippen LogP contribution in [0.4, 0.5) is 5.69 Å². The number of nitrogens with one attached hydrogen (secondary N) is 1. The number of hydrogen-bond donors (Lipinski definition) is 2. The number of nitrogens with zero attached hydrogens (tertiary/aromatic N) is 2. The van der Waals surface area contributed by atoms with Crippen LogP contribution in [0.2, 0.25) is 5.02 Å². The Kier molecular flexibility index (Phi) is 3.44. The lowest BCUT2D eigenvalue weighted by Crippen LogP contribution is -2.16. The zero-order valence-electron chi connectivity index (χ0n) is 9.11. The van der Waals surface area contributed by atoms with Crippen molar-refractivity contribution in [1.29, 1.82) is 0 Å². The van der Waals surface area contributed by atoms with Gasteiger partial charge in [0.25, 0.3) is 0 Å². The molecular formula is C10H11ClN4OS. The van der Waals surface area contributed by atoms with E-state index in [-0.39, 0.29) is 5.69 Å². The molecule has 0 bridgehead atoms. The molecule has 90 valence electrons. The molecule has 5 nitrogen and oxygen atoms in total. The molecule has 1 aromatic carbocycles. The minimum absolute atomic E-state index is 0.226. The molecule has 0 spiro atoms. The summed E-state index contributed by atoms with van der Waals surface area (Å²) in [4.78, 5) is 12.2. The molecule has 1 aromatic heterocycles. The van der Waals surface area contributed by atoms with Crippen molar-refractivity contribution in [2.24, 2.45) is 0 Å². The molecule has 0 atom stereocenters. The van der Waals surface area contributed by atoms with Crippen LogP contribution in [0.25, 0.3) is 0 Å². The van der Waals surface area contributed by atoms with Crippen molar-refractivity contribution >= 4 is 29.1 Å². The van der Waals surface area contributed by atoms with Gasteiger partial charge < -0.3 is 5.73 Å². The van der Waals surface area contributed by atoms with Gasteiger partial charge >= 0.3 is 5.69 Å². The van der Waals surface area contributed by atoms with Crippen LogP contribution in [-0.4, -0.2) is 14.8 Å². The van der Waals surface area contributed by atoms with Crippen LogP contribution >= 0.6 is 23.4 Å². The van der Waals surface area contributed by atoms with Gasteiger partial charge in [-0.05, 0) is 30.8 Å². The number of benzene rings is 1. The molecule has 0 unspecified atom stereocenters. The Balaban J connectivity index is 2.38. The molecule has 0 aliphatic carbocycles. The van der Waals surface area contributed by atoms with Crippen LogP contribution in [0.3, 0.4) is 0 Å². The molecule has 17 heavy (non-hydrogen) atoms.